The van der Waals surface area contributed by atoms with Crippen LogP contribution in [-0.4, -0.2) is 4.57 Å². The van der Waals surface area contributed by atoms with Crippen molar-refractivity contribution in [1.82, 2.24) is 4.57 Å². The Hall–Kier alpha value is -4.14. The molecule has 0 aliphatic rings. The summed E-state index contributed by atoms with van der Waals surface area (Å²) in [7, 11) is 0. The minimum absolute atomic E-state index is 1.20. The van der Waals surface area contributed by atoms with Gasteiger partial charge in [-0.25, -0.2) is 0 Å². The van der Waals surface area contributed by atoms with E-state index < -0.39 is 0 Å². The summed E-state index contributed by atoms with van der Waals surface area (Å²) in [5.74, 6) is 0. The fraction of sp³-hybridized carbons (Fsp3) is 0.0303. The van der Waals surface area contributed by atoms with Gasteiger partial charge >= 0.3 is 0 Å². The van der Waals surface area contributed by atoms with Gasteiger partial charge in [-0.15, -0.1) is 11.3 Å². The highest BCUT2D eigenvalue weighted by Gasteiger charge is 2.17. The van der Waals surface area contributed by atoms with Crippen molar-refractivity contribution in [3.05, 3.63) is 115 Å². The van der Waals surface area contributed by atoms with Gasteiger partial charge in [0.1, 0.15) is 0 Å². The first-order valence-corrected chi connectivity index (χ1v) is 12.9. The molecule has 8 rings (SSSR count). The lowest BCUT2D eigenvalue weighted by Crippen LogP contribution is -1.94. The first kappa shape index (κ1) is 19.2. The molecule has 0 spiro atoms. The zero-order valence-corrected chi connectivity index (χ0v) is 20.1. The van der Waals surface area contributed by atoms with E-state index in [-0.39, 0.29) is 0 Å². The van der Waals surface area contributed by atoms with Gasteiger partial charge in [-0.2, -0.15) is 0 Å². The number of fused-ring (bicyclic) bond motifs is 11. The van der Waals surface area contributed by atoms with E-state index in [1.807, 2.05) is 11.3 Å². The number of hydrogen-bond acceptors (Lipinski definition) is 1. The maximum absolute atomic E-state index is 2.45. The molecular weight excluding hydrogens is 442 g/mol. The van der Waals surface area contributed by atoms with Gasteiger partial charge in [-0.1, -0.05) is 84.4 Å². The molecule has 0 fully saturated rings. The summed E-state index contributed by atoms with van der Waals surface area (Å²) in [6.07, 6.45) is 0. The van der Waals surface area contributed by atoms with Crippen molar-refractivity contribution in [1.29, 1.82) is 0 Å². The number of hydrogen-bond donors (Lipinski definition) is 0. The zero-order chi connectivity index (χ0) is 23.1. The van der Waals surface area contributed by atoms with Crippen molar-refractivity contribution in [2.24, 2.45) is 0 Å². The van der Waals surface area contributed by atoms with Crippen LogP contribution in [-0.2, 0) is 0 Å². The van der Waals surface area contributed by atoms with Crippen LogP contribution in [0.4, 0.5) is 0 Å². The Morgan fingerprint density at radius 1 is 0.514 bits per heavy atom. The maximum atomic E-state index is 2.45. The number of nitrogens with zero attached hydrogens (tertiary/aromatic N) is 1. The van der Waals surface area contributed by atoms with Crippen LogP contribution < -0.4 is 0 Å². The van der Waals surface area contributed by atoms with Gasteiger partial charge in [0.25, 0.3) is 0 Å². The van der Waals surface area contributed by atoms with Crippen LogP contribution in [0.3, 0.4) is 0 Å². The Kier molecular flexibility index (Phi) is 3.81. The Labute approximate surface area is 206 Å². The molecule has 0 saturated carbocycles. The highest BCUT2D eigenvalue weighted by molar-refractivity contribution is 7.26. The standard InChI is InChI=1S/C33H21NS/c1-20-10-14-22(15-11-20)34-28-8-4-2-6-23(28)25-18-17-24-26(33(25)34)16-12-21-13-19-30-32(31(21)24)27-7-3-5-9-29(27)35-30/h2-19H,1H3. The van der Waals surface area contributed by atoms with E-state index in [2.05, 4.69) is 121 Å². The number of aromatic nitrogens is 1. The summed E-state index contributed by atoms with van der Waals surface area (Å²) < 4.78 is 5.15. The number of rotatable bonds is 1. The van der Waals surface area contributed by atoms with E-state index in [9.17, 15) is 0 Å². The molecule has 1 nitrogen and oxygen atoms in total. The Bertz CT molecular complexity index is 2110. The monoisotopic (exact) mass is 463 g/mol. The first-order valence-electron chi connectivity index (χ1n) is 12.0. The molecule has 35 heavy (non-hydrogen) atoms. The Morgan fingerprint density at radius 3 is 2.09 bits per heavy atom. The topological polar surface area (TPSA) is 4.93 Å². The van der Waals surface area contributed by atoms with E-state index in [0.717, 1.165) is 0 Å². The molecule has 0 aliphatic heterocycles. The molecule has 0 unspecified atom stereocenters. The van der Waals surface area contributed by atoms with Gasteiger partial charge in [0.15, 0.2) is 0 Å². The second-order valence-electron chi connectivity index (χ2n) is 9.45. The molecule has 0 amide bonds. The number of para-hydroxylation sites is 1. The smallest absolute Gasteiger partial charge is 0.0619 e. The lowest BCUT2D eigenvalue weighted by Gasteiger charge is -2.12. The highest BCUT2D eigenvalue weighted by Crippen LogP contribution is 2.44. The van der Waals surface area contributed by atoms with E-state index in [4.69, 9.17) is 0 Å². The zero-order valence-electron chi connectivity index (χ0n) is 19.2. The third kappa shape index (κ3) is 2.58. The molecular formula is C33H21NS. The van der Waals surface area contributed by atoms with Crippen LogP contribution in [0, 0.1) is 6.92 Å². The fourth-order valence-electron chi connectivity index (χ4n) is 5.87. The quantitative estimate of drug-likeness (QED) is 0.213. The van der Waals surface area contributed by atoms with Crippen molar-refractivity contribution < 1.29 is 0 Å². The average molecular weight is 464 g/mol. The minimum atomic E-state index is 1.20. The third-order valence-corrected chi connectivity index (χ3v) is 8.58. The number of benzene rings is 6. The molecule has 0 atom stereocenters. The van der Waals surface area contributed by atoms with Gasteiger partial charge in [-0.05, 0) is 53.4 Å². The molecule has 0 aliphatic carbocycles. The molecule has 8 aromatic rings. The summed E-state index contributed by atoms with van der Waals surface area (Å²) in [5.41, 5.74) is 5.01. The van der Waals surface area contributed by atoms with Crippen molar-refractivity contribution in [2.75, 3.05) is 0 Å². The molecule has 2 aromatic heterocycles. The van der Waals surface area contributed by atoms with Crippen LogP contribution in [0.15, 0.2) is 109 Å². The number of aryl methyl sites for hydroxylation is 1. The van der Waals surface area contributed by atoms with Crippen LogP contribution in [0.1, 0.15) is 5.56 Å². The van der Waals surface area contributed by atoms with Gasteiger partial charge in [-0.3, -0.25) is 0 Å². The predicted molar refractivity (Wildman–Crippen MR) is 153 cm³/mol. The van der Waals surface area contributed by atoms with Crippen LogP contribution in [0.25, 0.3) is 69.2 Å². The maximum Gasteiger partial charge on any atom is 0.0619 e. The molecule has 2 heterocycles. The van der Waals surface area contributed by atoms with Crippen molar-refractivity contribution in [2.45, 2.75) is 6.92 Å². The first-order chi connectivity index (χ1) is 17.3. The highest BCUT2D eigenvalue weighted by atomic mass is 32.1. The normalized spacial score (nSPS) is 12.1. The van der Waals surface area contributed by atoms with Crippen LogP contribution >= 0.6 is 11.3 Å². The minimum Gasteiger partial charge on any atom is -0.309 e. The molecule has 6 aromatic carbocycles. The van der Waals surface area contributed by atoms with Gasteiger partial charge in [0.05, 0.1) is 11.0 Å². The Morgan fingerprint density at radius 2 is 1.20 bits per heavy atom. The van der Waals surface area contributed by atoms with Crippen molar-refractivity contribution in [3.8, 4) is 5.69 Å². The van der Waals surface area contributed by atoms with Gasteiger partial charge in [0, 0.05) is 42.0 Å². The fourth-order valence-corrected chi connectivity index (χ4v) is 6.98. The van der Waals surface area contributed by atoms with Crippen LogP contribution in [0.2, 0.25) is 0 Å². The second-order valence-corrected chi connectivity index (χ2v) is 10.5. The van der Waals surface area contributed by atoms with Crippen LogP contribution in [0.5, 0.6) is 0 Å². The predicted octanol–water partition coefficient (Wildman–Crippen LogP) is 9.77. The number of thiophene rings is 1. The third-order valence-electron chi connectivity index (χ3n) is 7.44. The lowest BCUT2D eigenvalue weighted by molar-refractivity contribution is 1.18. The summed E-state index contributed by atoms with van der Waals surface area (Å²) in [6, 6.07) is 40.4. The Balaban J connectivity index is 1.63. The van der Waals surface area contributed by atoms with E-state index in [0.29, 0.717) is 0 Å². The van der Waals surface area contributed by atoms with E-state index in [1.165, 1.54) is 74.8 Å². The van der Waals surface area contributed by atoms with Gasteiger partial charge in [0.2, 0.25) is 0 Å². The summed E-state index contributed by atoms with van der Waals surface area (Å²) in [5, 5.41) is 10.6. The molecule has 0 saturated heterocycles. The van der Waals surface area contributed by atoms with E-state index in [1.54, 1.807) is 0 Å². The van der Waals surface area contributed by atoms with Gasteiger partial charge < -0.3 is 4.57 Å². The SMILES string of the molecule is Cc1ccc(-n2c3ccccc3c3ccc4c(ccc5ccc6sc7ccccc7c6c54)c32)cc1. The van der Waals surface area contributed by atoms with Crippen molar-refractivity contribution >= 4 is 74.9 Å². The molecule has 2 heteroatoms. The van der Waals surface area contributed by atoms with E-state index >= 15 is 0 Å². The second kappa shape index (κ2) is 6.94. The summed E-state index contributed by atoms with van der Waals surface area (Å²) >= 11 is 1.89. The lowest BCUT2D eigenvalue weighted by atomic mass is 9.96. The summed E-state index contributed by atoms with van der Waals surface area (Å²) in [6.45, 7) is 2.15. The largest absolute Gasteiger partial charge is 0.309 e. The van der Waals surface area contributed by atoms with Crippen molar-refractivity contribution in [3.63, 3.8) is 0 Å². The molecule has 164 valence electrons. The summed E-state index contributed by atoms with van der Waals surface area (Å²) in [4.78, 5) is 0. The molecule has 0 bridgehead atoms. The molecule has 0 N–H and O–H groups in total. The average Bonchev–Trinajstić information content (AvgIpc) is 3.45. The molecule has 0 radical (unpaired) electrons.